The molecule has 1 atom stereocenters. The molecule has 154 valence electrons. The SMILES string of the molecule is CC(C)CC(=O)Nc1ccc(N2CCCC2)c(C(=O)N[C@@H](C)c2ccccc2)c1. The molecule has 0 saturated carbocycles. The van der Waals surface area contributed by atoms with Gasteiger partial charge in [-0.3, -0.25) is 9.59 Å². The molecule has 1 saturated heterocycles. The van der Waals surface area contributed by atoms with Crippen molar-refractivity contribution in [2.75, 3.05) is 23.3 Å². The van der Waals surface area contributed by atoms with E-state index in [1.54, 1.807) is 6.07 Å². The van der Waals surface area contributed by atoms with Crippen LogP contribution in [0.2, 0.25) is 0 Å². The van der Waals surface area contributed by atoms with Crippen LogP contribution in [0.3, 0.4) is 0 Å². The molecular formula is C24H31N3O2. The van der Waals surface area contributed by atoms with Crippen LogP contribution in [0.25, 0.3) is 0 Å². The van der Waals surface area contributed by atoms with E-state index in [0.717, 1.165) is 37.2 Å². The molecule has 2 aromatic rings. The van der Waals surface area contributed by atoms with Gasteiger partial charge in [-0.2, -0.15) is 0 Å². The molecule has 1 aliphatic heterocycles. The summed E-state index contributed by atoms with van der Waals surface area (Å²) in [5.74, 6) is 0.134. The van der Waals surface area contributed by atoms with Crippen LogP contribution in [0.4, 0.5) is 11.4 Å². The number of anilines is 2. The summed E-state index contributed by atoms with van der Waals surface area (Å²) in [6.07, 6.45) is 2.73. The zero-order chi connectivity index (χ0) is 20.8. The first-order chi connectivity index (χ1) is 13.9. The number of hydrogen-bond acceptors (Lipinski definition) is 3. The van der Waals surface area contributed by atoms with Gasteiger partial charge in [0.1, 0.15) is 0 Å². The second kappa shape index (κ2) is 9.59. The van der Waals surface area contributed by atoms with Crippen LogP contribution in [0.15, 0.2) is 48.5 Å². The van der Waals surface area contributed by atoms with E-state index in [0.29, 0.717) is 17.7 Å². The van der Waals surface area contributed by atoms with E-state index in [1.165, 1.54) is 0 Å². The van der Waals surface area contributed by atoms with Gasteiger partial charge in [0.2, 0.25) is 5.91 Å². The highest BCUT2D eigenvalue weighted by atomic mass is 16.2. The standard InChI is InChI=1S/C24H31N3O2/c1-17(2)15-23(28)26-20-11-12-22(27-13-7-8-14-27)21(16-20)24(29)25-18(3)19-9-5-4-6-10-19/h4-6,9-12,16-18H,7-8,13-15H2,1-3H3,(H,25,29)(H,26,28)/t18-/m0/s1. The van der Waals surface area contributed by atoms with Gasteiger partial charge in [0.05, 0.1) is 11.6 Å². The number of nitrogens with one attached hydrogen (secondary N) is 2. The first-order valence-electron chi connectivity index (χ1n) is 10.5. The van der Waals surface area contributed by atoms with Gasteiger partial charge >= 0.3 is 0 Å². The largest absolute Gasteiger partial charge is 0.371 e. The molecule has 1 heterocycles. The second-order valence-corrected chi connectivity index (χ2v) is 8.18. The molecule has 0 aliphatic carbocycles. The first-order valence-corrected chi connectivity index (χ1v) is 10.5. The Kier molecular flexibility index (Phi) is 6.91. The molecular weight excluding hydrogens is 362 g/mol. The van der Waals surface area contributed by atoms with Crippen LogP contribution < -0.4 is 15.5 Å². The number of nitrogens with zero attached hydrogens (tertiary/aromatic N) is 1. The van der Waals surface area contributed by atoms with Crippen molar-refractivity contribution in [3.05, 3.63) is 59.7 Å². The maximum Gasteiger partial charge on any atom is 0.253 e. The molecule has 1 fully saturated rings. The lowest BCUT2D eigenvalue weighted by molar-refractivity contribution is -0.116. The summed E-state index contributed by atoms with van der Waals surface area (Å²) in [5.41, 5.74) is 3.26. The minimum Gasteiger partial charge on any atom is -0.371 e. The van der Waals surface area contributed by atoms with Crippen LogP contribution in [-0.2, 0) is 4.79 Å². The Morgan fingerprint density at radius 3 is 2.34 bits per heavy atom. The van der Waals surface area contributed by atoms with E-state index in [9.17, 15) is 9.59 Å². The number of hydrogen-bond donors (Lipinski definition) is 2. The molecule has 2 aromatic carbocycles. The minimum atomic E-state index is -0.122. The quantitative estimate of drug-likeness (QED) is 0.713. The molecule has 2 N–H and O–H groups in total. The monoisotopic (exact) mass is 393 g/mol. The van der Waals surface area contributed by atoms with Crippen LogP contribution in [0, 0.1) is 5.92 Å². The highest BCUT2D eigenvalue weighted by Crippen LogP contribution is 2.28. The normalized spacial score (nSPS) is 14.7. The molecule has 0 spiro atoms. The van der Waals surface area contributed by atoms with Gasteiger partial charge in [-0.25, -0.2) is 0 Å². The molecule has 0 bridgehead atoms. The molecule has 29 heavy (non-hydrogen) atoms. The third-order valence-corrected chi connectivity index (χ3v) is 5.21. The number of benzene rings is 2. The zero-order valence-corrected chi connectivity index (χ0v) is 17.6. The fourth-order valence-corrected chi connectivity index (χ4v) is 3.71. The Labute approximate surface area is 173 Å². The summed E-state index contributed by atoms with van der Waals surface area (Å²) >= 11 is 0. The third-order valence-electron chi connectivity index (χ3n) is 5.21. The number of carbonyl (C=O) groups excluding carboxylic acids is 2. The van der Waals surface area contributed by atoms with E-state index in [2.05, 4.69) is 15.5 Å². The van der Waals surface area contributed by atoms with Crippen molar-refractivity contribution in [2.45, 2.75) is 46.1 Å². The lowest BCUT2D eigenvalue weighted by Crippen LogP contribution is -2.29. The third kappa shape index (κ3) is 5.59. The van der Waals surface area contributed by atoms with Crippen molar-refractivity contribution in [3.63, 3.8) is 0 Å². The molecule has 1 aliphatic rings. The highest BCUT2D eigenvalue weighted by Gasteiger charge is 2.22. The topological polar surface area (TPSA) is 61.4 Å². The van der Waals surface area contributed by atoms with Crippen LogP contribution in [0.5, 0.6) is 0 Å². The fraction of sp³-hybridized carbons (Fsp3) is 0.417. The van der Waals surface area contributed by atoms with Gasteiger partial charge in [-0.05, 0) is 49.4 Å². The van der Waals surface area contributed by atoms with Gasteiger partial charge < -0.3 is 15.5 Å². The van der Waals surface area contributed by atoms with Crippen molar-refractivity contribution in [1.82, 2.24) is 5.32 Å². The van der Waals surface area contributed by atoms with Gasteiger partial charge in [-0.15, -0.1) is 0 Å². The zero-order valence-electron chi connectivity index (χ0n) is 17.6. The number of amides is 2. The average Bonchev–Trinajstić information content (AvgIpc) is 3.22. The van der Waals surface area contributed by atoms with E-state index in [-0.39, 0.29) is 23.8 Å². The average molecular weight is 394 g/mol. The maximum absolute atomic E-state index is 13.2. The summed E-state index contributed by atoms with van der Waals surface area (Å²) in [6.45, 7) is 7.91. The van der Waals surface area contributed by atoms with E-state index in [1.807, 2.05) is 63.2 Å². The van der Waals surface area contributed by atoms with Crippen molar-refractivity contribution in [2.24, 2.45) is 5.92 Å². The Morgan fingerprint density at radius 2 is 1.69 bits per heavy atom. The van der Waals surface area contributed by atoms with Crippen molar-refractivity contribution < 1.29 is 9.59 Å². The predicted molar refractivity (Wildman–Crippen MR) is 118 cm³/mol. The summed E-state index contributed by atoms with van der Waals surface area (Å²) in [6, 6.07) is 15.5. The Morgan fingerprint density at radius 1 is 1.00 bits per heavy atom. The maximum atomic E-state index is 13.2. The van der Waals surface area contributed by atoms with E-state index < -0.39 is 0 Å². The van der Waals surface area contributed by atoms with Crippen LogP contribution in [-0.4, -0.2) is 24.9 Å². The van der Waals surface area contributed by atoms with Gasteiger partial charge in [0.15, 0.2) is 0 Å². The summed E-state index contributed by atoms with van der Waals surface area (Å²) < 4.78 is 0. The van der Waals surface area contributed by atoms with Crippen molar-refractivity contribution in [1.29, 1.82) is 0 Å². The summed E-state index contributed by atoms with van der Waals surface area (Å²) in [4.78, 5) is 27.6. The van der Waals surface area contributed by atoms with Crippen molar-refractivity contribution in [3.8, 4) is 0 Å². The second-order valence-electron chi connectivity index (χ2n) is 8.18. The molecule has 3 rings (SSSR count). The summed E-state index contributed by atoms with van der Waals surface area (Å²) in [7, 11) is 0. The molecule has 0 radical (unpaired) electrons. The first kappa shape index (κ1) is 20.9. The molecule has 2 amide bonds. The predicted octanol–water partition coefficient (Wildman–Crippen LogP) is 4.76. The Balaban J connectivity index is 1.83. The van der Waals surface area contributed by atoms with Gasteiger partial charge in [0.25, 0.3) is 5.91 Å². The minimum absolute atomic E-state index is 0.0297. The molecule has 0 aromatic heterocycles. The number of rotatable bonds is 7. The lowest BCUT2D eigenvalue weighted by Gasteiger charge is -2.23. The van der Waals surface area contributed by atoms with Crippen molar-refractivity contribution >= 4 is 23.2 Å². The van der Waals surface area contributed by atoms with E-state index >= 15 is 0 Å². The van der Waals surface area contributed by atoms with Crippen LogP contribution >= 0.6 is 0 Å². The Hall–Kier alpha value is -2.82. The van der Waals surface area contributed by atoms with E-state index in [4.69, 9.17) is 0 Å². The molecule has 0 unspecified atom stereocenters. The van der Waals surface area contributed by atoms with Gasteiger partial charge in [-0.1, -0.05) is 44.2 Å². The number of carbonyl (C=O) groups is 2. The highest BCUT2D eigenvalue weighted by molar-refractivity contribution is 6.02. The fourth-order valence-electron chi connectivity index (χ4n) is 3.71. The lowest BCUT2D eigenvalue weighted by atomic mass is 10.1. The smallest absolute Gasteiger partial charge is 0.253 e. The summed E-state index contributed by atoms with van der Waals surface area (Å²) in [5, 5.41) is 6.04. The Bertz CT molecular complexity index is 842. The van der Waals surface area contributed by atoms with Crippen LogP contribution in [0.1, 0.15) is 62.0 Å². The molecule has 5 heteroatoms. The molecule has 5 nitrogen and oxygen atoms in total. The van der Waals surface area contributed by atoms with Gasteiger partial charge in [0, 0.05) is 30.9 Å².